The number of benzene rings is 8. The third kappa shape index (κ3) is 4.94. The smallest absolute Gasteiger partial charge is 0.0546 e. The molecule has 50 heavy (non-hydrogen) atoms. The van der Waals surface area contributed by atoms with E-state index in [0.717, 1.165) is 17.1 Å². The van der Waals surface area contributed by atoms with Crippen LogP contribution >= 0.6 is 0 Å². The van der Waals surface area contributed by atoms with E-state index >= 15 is 0 Å². The van der Waals surface area contributed by atoms with Crippen LogP contribution in [0.1, 0.15) is 25.0 Å². The van der Waals surface area contributed by atoms with Gasteiger partial charge in [-0.1, -0.05) is 172 Å². The maximum absolute atomic E-state index is 2.45. The van der Waals surface area contributed by atoms with Crippen LogP contribution in [-0.2, 0) is 5.41 Å². The summed E-state index contributed by atoms with van der Waals surface area (Å²) in [5.41, 5.74) is 16.1. The summed E-state index contributed by atoms with van der Waals surface area (Å²) in [6.45, 7) is 4.75. The molecule has 238 valence electrons. The highest BCUT2D eigenvalue weighted by Gasteiger charge is 2.37. The third-order valence-electron chi connectivity index (χ3n) is 10.5. The van der Waals surface area contributed by atoms with Crippen molar-refractivity contribution in [3.8, 4) is 44.5 Å². The van der Waals surface area contributed by atoms with Crippen molar-refractivity contribution in [1.82, 2.24) is 0 Å². The molecular weight excluding hydrogens is 603 g/mol. The fraction of sp³-hybridized carbons (Fsp3) is 0.0612. The van der Waals surface area contributed by atoms with Crippen molar-refractivity contribution in [3.05, 3.63) is 199 Å². The first-order valence-electron chi connectivity index (χ1n) is 17.4. The molecule has 8 aromatic carbocycles. The summed E-state index contributed by atoms with van der Waals surface area (Å²) in [5, 5.41) is 2.46. The molecule has 1 heteroatoms. The van der Waals surface area contributed by atoms with E-state index in [0.29, 0.717) is 0 Å². The molecule has 1 aliphatic rings. The van der Waals surface area contributed by atoms with Crippen LogP contribution in [0.3, 0.4) is 0 Å². The van der Waals surface area contributed by atoms with Crippen LogP contribution in [0, 0.1) is 0 Å². The first-order valence-corrected chi connectivity index (χ1v) is 17.4. The minimum Gasteiger partial charge on any atom is -0.310 e. The van der Waals surface area contributed by atoms with Gasteiger partial charge in [0.1, 0.15) is 0 Å². The Bertz CT molecular complexity index is 2480. The molecule has 0 atom stereocenters. The number of anilines is 3. The molecule has 0 radical (unpaired) electrons. The second-order valence-electron chi connectivity index (χ2n) is 13.7. The molecule has 0 heterocycles. The SMILES string of the molecule is CC1(C)c2cc(N(c3ccccc3)c3ccc4ccccc4c3-c3ccc(-c4ccccc4)cc3)ccc2-c2c(-c3ccccc3)cccc21. The Morgan fingerprint density at radius 1 is 0.380 bits per heavy atom. The summed E-state index contributed by atoms with van der Waals surface area (Å²) in [4.78, 5) is 2.45. The largest absolute Gasteiger partial charge is 0.310 e. The highest BCUT2D eigenvalue weighted by atomic mass is 15.1. The van der Waals surface area contributed by atoms with Gasteiger partial charge < -0.3 is 4.90 Å². The number of hydrogen-bond donors (Lipinski definition) is 0. The monoisotopic (exact) mass is 639 g/mol. The van der Waals surface area contributed by atoms with E-state index in [1.807, 2.05) is 0 Å². The Morgan fingerprint density at radius 2 is 1.00 bits per heavy atom. The summed E-state index contributed by atoms with van der Waals surface area (Å²) in [6, 6.07) is 68.5. The van der Waals surface area contributed by atoms with Crippen LogP contribution in [0.4, 0.5) is 17.1 Å². The molecule has 0 saturated carbocycles. The molecule has 1 aliphatic carbocycles. The van der Waals surface area contributed by atoms with Gasteiger partial charge in [0.25, 0.3) is 0 Å². The fourth-order valence-corrected chi connectivity index (χ4v) is 7.99. The third-order valence-corrected chi connectivity index (χ3v) is 10.5. The lowest BCUT2D eigenvalue weighted by molar-refractivity contribution is 0.660. The van der Waals surface area contributed by atoms with Crippen LogP contribution in [-0.4, -0.2) is 0 Å². The Hall–Kier alpha value is -6.18. The average Bonchev–Trinajstić information content (AvgIpc) is 3.41. The molecule has 0 spiro atoms. The van der Waals surface area contributed by atoms with Gasteiger partial charge in [-0.3, -0.25) is 0 Å². The number of para-hydroxylation sites is 1. The molecule has 0 aliphatic heterocycles. The lowest BCUT2D eigenvalue weighted by Gasteiger charge is -2.30. The Kier molecular flexibility index (Phi) is 7.21. The van der Waals surface area contributed by atoms with Gasteiger partial charge in [0.2, 0.25) is 0 Å². The Balaban J connectivity index is 1.25. The van der Waals surface area contributed by atoms with Crippen molar-refractivity contribution in [2.45, 2.75) is 19.3 Å². The minimum atomic E-state index is -0.159. The topological polar surface area (TPSA) is 3.24 Å². The number of fused-ring (bicyclic) bond motifs is 4. The molecule has 0 fully saturated rings. The van der Waals surface area contributed by atoms with E-state index in [1.165, 1.54) is 66.4 Å². The molecule has 0 N–H and O–H groups in total. The van der Waals surface area contributed by atoms with Crippen LogP contribution in [0.2, 0.25) is 0 Å². The molecule has 0 aromatic heterocycles. The Morgan fingerprint density at radius 3 is 1.74 bits per heavy atom. The van der Waals surface area contributed by atoms with Crippen LogP contribution in [0.25, 0.3) is 55.3 Å². The predicted molar refractivity (Wildman–Crippen MR) is 213 cm³/mol. The van der Waals surface area contributed by atoms with E-state index in [9.17, 15) is 0 Å². The standard InChI is InChI=1S/C49H37N/c1-49(2)44-24-14-23-42(36-17-8-4-9-18-36)48(44)43-31-30-40(33-45(43)49)50(39-20-10-5-11-21-39)46-32-29-37-19-12-13-22-41(37)47(46)38-27-25-35(26-28-38)34-15-6-3-7-16-34/h3-33H,1-2H3. The van der Waals surface area contributed by atoms with Gasteiger partial charge in [0.15, 0.2) is 0 Å². The van der Waals surface area contributed by atoms with Crippen molar-refractivity contribution in [2.75, 3.05) is 4.90 Å². The lowest BCUT2D eigenvalue weighted by Crippen LogP contribution is -2.17. The molecule has 1 nitrogen and oxygen atoms in total. The highest BCUT2D eigenvalue weighted by Crippen LogP contribution is 2.54. The second kappa shape index (κ2) is 12.1. The molecule has 0 saturated heterocycles. The van der Waals surface area contributed by atoms with E-state index in [1.54, 1.807) is 0 Å². The zero-order valence-corrected chi connectivity index (χ0v) is 28.3. The minimum absolute atomic E-state index is 0.159. The summed E-state index contributed by atoms with van der Waals surface area (Å²) < 4.78 is 0. The maximum Gasteiger partial charge on any atom is 0.0546 e. The Labute approximate surface area is 294 Å². The molecular formula is C49H37N. The maximum atomic E-state index is 2.45. The zero-order valence-electron chi connectivity index (χ0n) is 28.3. The second-order valence-corrected chi connectivity index (χ2v) is 13.7. The van der Waals surface area contributed by atoms with Gasteiger partial charge in [-0.05, 0) is 91.2 Å². The van der Waals surface area contributed by atoms with Crippen LogP contribution in [0.5, 0.6) is 0 Å². The van der Waals surface area contributed by atoms with Gasteiger partial charge in [0, 0.05) is 22.4 Å². The summed E-state index contributed by atoms with van der Waals surface area (Å²) >= 11 is 0. The van der Waals surface area contributed by atoms with Crippen molar-refractivity contribution in [1.29, 1.82) is 0 Å². The normalized spacial score (nSPS) is 12.8. The van der Waals surface area contributed by atoms with E-state index in [2.05, 4.69) is 207 Å². The van der Waals surface area contributed by atoms with Gasteiger partial charge in [-0.15, -0.1) is 0 Å². The number of hydrogen-bond acceptors (Lipinski definition) is 1. The summed E-state index contributed by atoms with van der Waals surface area (Å²) in [6.07, 6.45) is 0. The highest BCUT2D eigenvalue weighted by molar-refractivity contribution is 6.06. The van der Waals surface area contributed by atoms with Crippen molar-refractivity contribution in [3.63, 3.8) is 0 Å². The number of nitrogens with zero attached hydrogens (tertiary/aromatic N) is 1. The molecule has 9 rings (SSSR count). The molecule has 0 unspecified atom stereocenters. The first-order chi connectivity index (χ1) is 24.6. The van der Waals surface area contributed by atoms with Crippen molar-refractivity contribution >= 4 is 27.8 Å². The van der Waals surface area contributed by atoms with Crippen molar-refractivity contribution in [2.24, 2.45) is 0 Å². The predicted octanol–water partition coefficient (Wildman–Crippen LogP) is 13.6. The summed E-state index contributed by atoms with van der Waals surface area (Å²) in [5.74, 6) is 0. The lowest BCUT2D eigenvalue weighted by atomic mass is 9.81. The fourth-order valence-electron chi connectivity index (χ4n) is 7.99. The molecule has 8 aromatic rings. The first kappa shape index (κ1) is 29.9. The van der Waals surface area contributed by atoms with Crippen LogP contribution in [0.15, 0.2) is 188 Å². The van der Waals surface area contributed by atoms with E-state index in [-0.39, 0.29) is 5.41 Å². The van der Waals surface area contributed by atoms with Gasteiger partial charge in [-0.2, -0.15) is 0 Å². The average molecular weight is 640 g/mol. The number of rotatable bonds is 6. The van der Waals surface area contributed by atoms with Crippen LogP contribution < -0.4 is 4.90 Å². The summed E-state index contributed by atoms with van der Waals surface area (Å²) in [7, 11) is 0. The molecule has 0 bridgehead atoms. The zero-order chi connectivity index (χ0) is 33.7. The van der Waals surface area contributed by atoms with Gasteiger partial charge in [-0.25, -0.2) is 0 Å². The van der Waals surface area contributed by atoms with E-state index in [4.69, 9.17) is 0 Å². The van der Waals surface area contributed by atoms with Gasteiger partial charge in [0.05, 0.1) is 5.69 Å². The van der Waals surface area contributed by atoms with Crippen molar-refractivity contribution < 1.29 is 0 Å². The van der Waals surface area contributed by atoms with Gasteiger partial charge >= 0.3 is 0 Å². The molecule has 0 amide bonds. The quantitative estimate of drug-likeness (QED) is 0.175. The van der Waals surface area contributed by atoms with E-state index < -0.39 is 0 Å².